The average Bonchev–Trinajstić information content (AvgIpc) is 2.87. The molecular weight excluding hydrogens is 282 g/mol. The number of piperidine rings is 1. The van der Waals surface area contributed by atoms with Crippen molar-refractivity contribution in [3.8, 4) is 0 Å². The summed E-state index contributed by atoms with van der Waals surface area (Å²) in [6, 6.07) is 8.78. The number of para-hydroxylation sites is 2. The Morgan fingerprint density at radius 2 is 1.83 bits per heavy atom. The fourth-order valence-corrected chi connectivity index (χ4v) is 4.29. The highest BCUT2D eigenvalue weighted by Gasteiger charge is 2.37. The van der Waals surface area contributed by atoms with Crippen LogP contribution in [0.3, 0.4) is 0 Å². The first-order valence-corrected chi connectivity index (χ1v) is 9.36. The third kappa shape index (κ3) is 3.65. The molecule has 3 heteroatoms. The van der Waals surface area contributed by atoms with E-state index >= 15 is 0 Å². The molecule has 1 aromatic rings. The minimum Gasteiger partial charge on any atom is -0.363 e. The van der Waals surface area contributed by atoms with E-state index in [1.165, 1.54) is 56.7 Å². The van der Waals surface area contributed by atoms with Gasteiger partial charge in [0.15, 0.2) is 0 Å². The number of fused-ring (bicyclic) bond motifs is 1. The Labute approximate surface area is 142 Å². The van der Waals surface area contributed by atoms with Gasteiger partial charge < -0.3 is 15.1 Å². The fourth-order valence-electron chi connectivity index (χ4n) is 4.29. The van der Waals surface area contributed by atoms with Crippen molar-refractivity contribution in [2.24, 2.45) is 5.92 Å². The van der Waals surface area contributed by atoms with Gasteiger partial charge in [0.1, 0.15) is 0 Å². The van der Waals surface area contributed by atoms with Gasteiger partial charge in [0.05, 0.1) is 17.5 Å². The molecule has 2 heterocycles. The van der Waals surface area contributed by atoms with Crippen molar-refractivity contribution in [3.05, 3.63) is 24.3 Å². The molecule has 128 valence electrons. The zero-order valence-corrected chi connectivity index (χ0v) is 15.3. The van der Waals surface area contributed by atoms with Crippen molar-refractivity contribution in [2.45, 2.75) is 65.1 Å². The van der Waals surface area contributed by atoms with Gasteiger partial charge in [0.25, 0.3) is 0 Å². The van der Waals surface area contributed by atoms with E-state index in [1.807, 2.05) is 0 Å². The Hall–Kier alpha value is -1.22. The zero-order valence-electron chi connectivity index (χ0n) is 15.3. The molecule has 1 atom stereocenters. The van der Waals surface area contributed by atoms with E-state index in [4.69, 9.17) is 0 Å². The number of likely N-dealkylation sites (tertiary alicyclic amines) is 1. The molecule has 3 rings (SSSR count). The van der Waals surface area contributed by atoms with Gasteiger partial charge in [0, 0.05) is 5.54 Å². The number of benzene rings is 1. The van der Waals surface area contributed by atoms with E-state index in [1.54, 1.807) is 0 Å². The molecule has 0 radical (unpaired) electrons. The number of hydrogen-bond acceptors (Lipinski definition) is 3. The molecule has 2 aliphatic rings. The largest absolute Gasteiger partial charge is 0.363 e. The molecule has 1 N–H and O–H groups in total. The monoisotopic (exact) mass is 315 g/mol. The highest BCUT2D eigenvalue weighted by Crippen LogP contribution is 2.41. The number of nitrogens with one attached hydrogen (secondary N) is 1. The van der Waals surface area contributed by atoms with E-state index in [0.29, 0.717) is 6.17 Å². The van der Waals surface area contributed by atoms with Crippen molar-refractivity contribution in [1.82, 2.24) is 4.90 Å². The number of hydrogen-bond donors (Lipinski definition) is 1. The quantitative estimate of drug-likeness (QED) is 0.879. The fraction of sp³-hybridized carbons (Fsp3) is 0.700. The maximum atomic E-state index is 3.79. The first kappa shape index (κ1) is 16.6. The summed E-state index contributed by atoms with van der Waals surface area (Å²) in [4.78, 5) is 5.23. The molecule has 1 aromatic carbocycles. The minimum absolute atomic E-state index is 0.146. The smallest absolute Gasteiger partial charge is 0.0998 e. The molecule has 2 aliphatic heterocycles. The SMILES string of the molecule is CCCN1CCC(CC2Nc3ccccc3N2C(C)(C)C)CC1. The summed E-state index contributed by atoms with van der Waals surface area (Å²) in [6.07, 6.45) is 5.68. The summed E-state index contributed by atoms with van der Waals surface area (Å²) in [5, 5.41) is 3.79. The van der Waals surface area contributed by atoms with Gasteiger partial charge >= 0.3 is 0 Å². The molecule has 1 unspecified atom stereocenters. The lowest BCUT2D eigenvalue weighted by atomic mass is 9.91. The van der Waals surface area contributed by atoms with Crippen molar-refractivity contribution in [1.29, 1.82) is 0 Å². The molecule has 1 fully saturated rings. The molecule has 1 saturated heterocycles. The Kier molecular flexibility index (Phi) is 4.86. The third-order valence-corrected chi connectivity index (χ3v) is 5.32. The van der Waals surface area contributed by atoms with Gasteiger partial charge in [-0.2, -0.15) is 0 Å². The molecule has 0 amide bonds. The van der Waals surface area contributed by atoms with Crippen LogP contribution in [-0.4, -0.2) is 36.2 Å². The number of anilines is 2. The molecule has 23 heavy (non-hydrogen) atoms. The van der Waals surface area contributed by atoms with Crippen LogP contribution in [0.15, 0.2) is 24.3 Å². The zero-order chi connectivity index (χ0) is 16.4. The lowest BCUT2D eigenvalue weighted by Gasteiger charge is -2.41. The number of rotatable bonds is 4. The number of nitrogens with zero attached hydrogens (tertiary/aromatic N) is 2. The first-order valence-electron chi connectivity index (χ1n) is 9.36. The van der Waals surface area contributed by atoms with E-state index in [2.05, 4.69) is 67.1 Å². The van der Waals surface area contributed by atoms with Crippen molar-refractivity contribution in [2.75, 3.05) is 29.9 Å². The Balaban J connectivity index is 1.66. The van der Waals surface area contributed by atoms with Crippen LogP contribution < -0.4 is 10.2 Å². The summed E-state index contributed by atoms with van der Waals surface area (Å²) < 4.78 is 0. The van der Waals surface area contributed by atoms with Gasteiger partial charge in [-0.15, -0.1) is 0 Å². The van der Waals surface area contributed by atoms with E-state index in [-0.39, 0.29) is 5.54 Å². The molecular formula is C20H33N3. The van der Waals surface area contributed by atoms with Crippen LogP contribution in [0.2, 0.25) is 0 Å². The lowest BCUT2D eigenvalue weighted by molar-refractivity contribution is 0.174. The van der Waals surface area contributed by atoms with Crippen LogP contribution >= 0.6 is 0 Å². The van der Waals surface area contributed by atoms with Crippen LogP contribution in [0.1, 0.15) is 53.4 Å². The highest BCUT2D eigenvalue weighted by molar-refractivity contribution is 5.76. The van der Waals surface area contributed by atoms with Crippen LogP contribution in [0.25, 0.3) is 0 Å². The standard InChI is InChI=1S/C20H33N3/c1-5-12-22-13-10-16(11-14-22)15-19-21-17-8-6-7-9-18(17)23(19)20(2,3)4/h6-9,16,19,21H,5,10-15H2,1-4H3. The Bertz CT molecular complexity index is 512. The van der Waals surface area contributed by atoms with Gasteiger partial charge in [-0.1, -0.05) is 19.1 Å². The van der Waals surface area contributed by atoms with Crippen LogP contribution in [0, 0.1) is 5.92 Å². The predicted molar refractivity (Wildman–Crippen MR) is 100 cm³/mol. The Morgan fingerprint density at radius 1 is 1.13 bits per heavy atom. The molecule has 0 aromatic heterocycles. The minimum atomic E-state index is 0.146. The van der Waals surface area contributed by atoms with Gasteiger partial charge in [-0.05, 0) is 84.1 Å². The second-order valence-corrected chi connectivity index (χ2v) is 8.24. The lowest BCUT2D eigenvalue weighted by Crippen LogP contribution is -2.49. The summed E-state index contributed by atoms with van der Waals surface area (Å²) in [6.45, 7) is 13.1. The van der Waals surface area contributed by atoms with Crippen LogP contribution in [0.5, 0.6) is 0 Å². The first-order chi connectivity index (χ1) is 11.0. The summed E-state index contributed by atoms with van der Waals surface area (Å²) in [5.41, 5.74) is 2.82. The van der Waals surface area contributed by atoms with Crippen molar-refractivity contribution >= 4 is 11.4 Å². The van der Waals surface area contributed by atoms with Gasteiger partial charge in [-0.3, -0.25) is 0 Å². The van der Waals surface area contributed by atoms with Gasteiger partial charge in [-0.25, -0.2) is 0 Å². The van der Waals surface area contributed by atoms with Crippen LogP contribution in [0.4, 0.5) is 11.4 Å². The summed E-state index contributed by atoms with van der Waals surface area (Å²) >= 11 is 0. The normalized spacial score (nSPS) is 23.0. The van der Waals surface area contributed by atoms with Crippen LogP contribution in [-0.2, 0) is 0 Å². The van der Waals surface area contributed by atoms with E-state index < -0.39 is 0 Å². The predicted octanol–water partition coefficient (Wildman–Crippen LogP) is 4.56. The second-order valence-electron chi connectivity index (χ2n) is 8.24. The molecule has 0 aliphatic carbocycles. The molecule has 0 bridgehead atoms. The highest BCUT2D eigenvalue weighted by atomic mass is 15.4. The average molecular weight is 316 g/mol. The van der Waals surface area contributed by atoms with Crippen molar-refractivity contribution < 1.29 is 0 Å². The topological polar surface area (TPSA) is 18.5 Å². The second kappa shape index (κ2) is 6.72. The maximum absolute atomic E-state index is 3.79. The third-order valence-electron chi connectivity index (χ3n) is 5.32. The summed E-state index contributed by atoms with van der Waals surface area (Å²) in [7, 11) is 0. The van der Waals surface area contributed by atoms with Gasteiger partial charge in [0.2, 0.25) is 0 Å². The van der Waals surface area contributed by atoms with Crippen molar-refractivity contribution in [3.63, 3.8) is 0 Å². The maximum Gasteiger partial charge on any atom is 0.0998 e. The molecule has 3 nitrogen and oxygen atoms in total. The Morgan fingerprint density at radius 3 is 2.48 bits per heavy atom. The van der Waals surface area contributed by atoms with E-state index in [9.17, 15) is 0 Å². The summed E-state index contributed by atoms with van der Waals surface area (Å²) in [5.74, 6) is 0.847. The molecule has 0 saturated carbocycles. The van der Waals surface area contributed by atoms with E-state index in [0.717, 1.165) is 5.92 Å². The molecule has 0 spiro atoms.